The number of ether oxygens (including phenoxy) is 1. The number of carbonyl (C=O) groups excluding carboxylic acids is 2. The van der Waals surface area contributed by atoms with E-state index in [0.717, 1.165) is 16.9 Å². The highest BCUT2D eigenvalue weighted by Gasteiger charge is 2.14. The normalized spacial score (nSPS) is 10.6. The average molecular weight is 462 g/mol. The molecule has 0 bridgehead atoms. The van der Waals surface area contributed by atoms with E-state index in [2.05, 4.69) is 15.6 Å². The first-order valence-corrected chi connectivity index (χ1v) is 11.3. The van der Waals surface area contributed by atoms with Crippen molar-refractivity contribution >= 4 is 28.3 Å². The van der Waals surface area contributed by atoms with Gasteiger partial charge in [-0.3, -0.25) is 14.9 Å². The van der Waals surface area contributed by atoms with Gasteiger partial charge in [0.25, 0.3) is 5.91 Å². The smallest absolute Gasteiger partial charge is 0.260 e. The van der Waals surface area contributed by atoms with Gasteiger partial charge in [0.2, 0.25) is 5.91 Å². The summed E-state index contributed by atoms with van der Waals surface area (Å²) in [6, 6.07) is 19.2. The summed E-state index contributed by atoms with van der Waals surface area (Å²) >= 11 is 1.27. The average Bonchev–Trinajstić information content (AvgIpc) is 3.46. The van der Waals surface area contributed by atoms with Gasteiger partial charge in [-0.25, -0.2) is 4.98 Å². The van der Waals surface area contributed by atoms with Gasteiger partial charge in [-0.1, -0.05) is 42.5 Å². The van der Waals surface area contributed by atoms with Crippen molar-refractivity contribution in [3.8, 4) is 5.75 Å². The van der Waals surface area contributed by atoms with Gasteiger partial charge < -0.3 is 14.5 Å². The van der Waals surface area contributed by atoms with E-state index >= 15 is 0 Å². The van der Waals surface area contributed by atoms with Gasteiger partial charge >= 0.3 is 0 Å². The Hall–Kier alpha value is -3.91. The molecule has 0 saturated heterocycles. The number of anilines is 1. The highest BCUT2D eigenvalue weighted by atomic mass is 32.1. The van der Waals surface area contributed by atoms with Crippen LogP contribution in [0.25, 0.3) is 0 Å². The number of nitrogens with one attached hydrogen (secondary N) is 2. The molecule has 0 aliphatic carbocycles. The lowest BCUT2D eigenvalue weighted by atomic mass is 10.2. The zero-order chi connectivity index (χ0) is 23.0. The summed E-state index contributed by atoms with van der Waals surface area (Å²) in [6.45, 7) is 2.64. The number of nitrogens with zero attached hydrogens (tertiary/aromatic N) is 1. The number of hydrogen-bond acceptors (Lipinski definition) is 6. The molecule has 2 aromatic carbocycles. The third kappa shape index (κ3) is 6.30. The molecule has 33 heavy (non-hydrogen) atoms. The number of aromatic nitrogens is 1. The second kappa shape index (κ2) is 10.6. The molecule has 7 nitrogen and oxygen atoms in total. The van der Waals surface area contributed by atoms with Gasteiger partial charge in [0.05, 0.1) is 23.9 Å². The Morgan fingerprint density at radius 2 is 1.82 bits per heavy atom. The van der Waals surface area contributed by atoms with Gasteiger partial charge in [0, 0.05) is 11.9 Å². The minimum Gasteiger partial charge on any atom is -0.489 e. The molecule has 2 N–H and O–H groups in total. The molecule has 2 amide bonds. The van der Waals surface area contributed by atoms with Gasteiger partial charge in [-0.2, -0.15) is 0 Å². The van der Waals surface area contributed by atoms with Crippen molar-refractivity contribution in [1.29, 1.82) is 0 Å². The summed E-state index contributed by atoms with van der Waals surface area (Å²) < 4.78 is 10.9. The fourth-order valence-electron chi connectivity index (χ4n) is 3.10. The van der Waals surface area contributed by atoms with Gasteiger partial charge in [-0.15, -0.1) is 11.3 Å². The van der Waals surface area contributed by atoms with Crippen LogP contribution in [-0.4, -0.2) is 16.8 Å². The summed E-state index contributed by atoms with van der Waals surface area (Å²) in [5.41, 5.74) is 3.13. The first kappa shape index (κ1) is 22.3. The van der Waals surface area contributed by atoms with E-state index in [1.165, 1.54) is 17.6 Å². The molecular weight excluding hydrogens is 438 g/mol. The summed E-state index contributed by atoms with van der Waals surface area (Å²) in [5.74, 6) is 0.882. The second-order valence-electron chi connectivity index (χ2n) is 7.36. The van der Waals surface area contributed by atoms with Crippen LogP contribution < -0.4 is 15.4 Å². The van der Waals surface area contributed by atoms with Crippen LogP contribution >= 0.6 is 11.3 Å². The molecule has 0 fully saturated rings. The monoisotopic (exact) mass is 461 g/mol. The molecular formula is C25H23N3O4S. The minimum absolute atomic E-state index is 0.134. The van der Waals surface area contributed by atoms with Crippen LogP contribution in [0, 0.1) is 6.92 Å². The summed E-state index contributed by atoms with van der Waals surface area (Å²) in [7, 11) is 0. The van der Waals surface area contributed by atoms with Gasteiger partial charge in [0.15, 0.2) is 5.13 Å². The Morgan fingerprint density at radius 3 is 2.55 bits per heavy atom. The lowest BCUT2D eigenvalue weighted by Gasteiger charge is -2.08. The first-order valence-electron chi connectivity index (χ1n) is 10.4. The predicted octanol–water partition coefficient (Wildman–Crippen LogP) is 4.73. The number of furan rings is 1. The molecule has 2 aromatic heterocycles. The molecule has 168 valence electrons. The quantitative estimate of drug-likeness (QED) is 0.376. The maximum Gasteiger partial charge on any atom is 0.260 e. The number of aryl methyl sites for hydroxylation is 1. The first-order chi connectivity index (χ1) is 16.1. The van der Waals surface area contributed by atoms with E-state index < -0.39 is 0 Å². The maximum absolute atomic E-state index is 12.3. The molecule has 8 heteroatoms. The fraction of sp³-hybridized carbons (Fsp3) is 0.160. The van der Waals surface area contributed by atoms with E-state index in [4.69, 9.17) is 9.15 Å². The van der Waals surface area contributed by atoms with Gasteiger partial charge in [-0.05, 0) is 36.2 Å². The number of benzene rings is 2. The van der Waals surface area contributed by atoms with Crippen molar-refractivity contribution in [2.75, 3.05) is 5.32 Å². The Balaban J connectivity index is 1.22. The molecule has 0 aliphatic heterocycles. The van der Waals surface area contributed by atoms with Crippen LogP contribution in [0.3, 0.4) is 0 Å². The molecule has 0 aliphatic rings. The van der Waals surface area contributed by atoms with E-state index in [9.17, 15) is 9.59 Å². The SMILES string of the molecule is Cc1occc1C(=O)Nc1nc(CC(=O)NCc2ccc(OCc3ccccc3)cc2)cs1. The van der Waals surface area contributed by atoms with Crippen LogP contribution in [0.2, 0.25) is 0 Å². The van der Waals surface area contributed by atoms with Crippen LogP contribution in [0.5, 0.6) is 5.75 Å². The van der Waals surface area contributed by atoms with E-state index in [1.54, 1.807) is 18.4 Å². The number of amides is 2. The molecule has 0 radical (unpaired) electrons. The van der Waals surface area contributed by atoms with Crippen LogP contribution in [0.4, 0.5) is 5.13 Å². The lowest BCUT2D eigenvalue weighted by Crippen LogP contribution is -2.24. The number of hydrogen-bond donors (Lipinski definition) is 2. The molecule has 0 unspecified atom stereocenters. The van der Waals surface area contributed by atoms with Crippen LogP contribution in [0.1, 0.15) is 32.9 Å². The zero-order valence-corrected chi connectivity index (χ0v) is 18.9. The summed E-state index contributed by atoms with van der Waals surface area (Å²) in [6.07, 6.45) is 1.60. The van der Waals surface area contributed by atoms with Crippen molar-refractivity contribution in [2.45, 2.75) is 26.5 Å². The summed E-state index contributed by atoms with van der Waals surface area (Å²) in [4.78, 5) is 28.9. The van der Waals surface area contributed by atoms with Crippen molar-refractivity contribution in [2.24, 2.45) is 0 Å². The largest absolute Gasteiger partial charge is 0.489 e. The molecule has 4 rings (SSSR count). The maximum atomic E-state index is 12.3. The topological polar surface area (TPSA) is 93.5 Å². The van der Waals surface area contributed by atoms with Crippen molar-refractivity contribution in [1.82, 2.24) is 10.3 Å². The third-order valence-corrected chi connectivity index (χ3v) is 5.69. The highest BCUT2D eigenvalue weighted by Crippen LogP contribution is 2.19. The molecule has 2 heterocycles. The molecule has 0 spiro atoms. The molecule has 0 saturated carbocycles. The number of thiazole rings is 1. The molecule has 0 atom stereocenters. The second-order valence-corrected chi connectivity index (χ2v) is 8.22. The zero-order valence-electron chi connectivity index (χ0n) is 18.0. The Bertz CT molecular complexity index is 1220. The minimum atomic E-state index is -0.289. The van der Waals surface area contributed by atoms with Crippen LogP contribution in [0.15, 0.2) is 76.7 Å². The Labute approximate surface area is 195 Å². The number of carbonyl (C=O) groups is 2. The Morgan fingerprint density at radius 1 is 1.03 bits per heavy atom. The van der Waals surface area contributed by atoms with E-state index in [0.29, 0.717) is 35.3 Å². The van der Waals surface area contributed by atoms with Crippen molar-refractivity contribution < 1.29 is 18.7 Å². The summed E-state index contributed by atoms with van der Waals surface area (Å²) in [5, 5.41) is 7.82. The lowest BCUT2D eigenvalue weighted by molar-refractivity contribution is -0.120. The highest BCUT2D eigenvalue weighted by molar-refractivity contribution is 7.14. The standard InChI is InChI=1S/C25H23N3O4S/c1-17-22(11-12-31-17)24(30)28-25-27-20(16-33-25)13-23(29)26-14-18-7-9-21(10-8-18)32-15-19-5-3-2-4-6-19/h2-12,16H,13-15H2,1H3,(H,26,29)(H,27,28,30). The van der Waals surface area contributed by atoms with E-state index in [-0.39, 0.29) is 18.2 Å². The van der Waals surface area contributed by atoms with Gasteiger partial charge in [0.1, 0.15) is 18.1 Å². The predicted molar refractivity (Wildman–Crippen MR) is 126 cm³/mol. The van der Waals surface area contributed by atoms with Crippen molar-refractivity contribution in [3.63, 3.8) is 0 Å². The fourth-order valence-corrected chi connectivity index (χ4v) is 3.81. The van der Waals surface area contributed by atoms with Crippen LogP contribution in [-0.2, 0) is 24.4 Å². The van der Waals surface area contributed by atoms with E-state index in [1.807, 2.05) is 54.6 Å². The Kier molecular flexibility index (Phi) is 7.16. The van der Waals surface area contributed by atoms with Crippen molar-refractivity contribution in [3.05, 3.63) is 100 Å². The molecule has 4 aromatic rings. The third-order valence-electron chi connectivity index (χ3n) is 4.88. The number of rotatable bonds is 9.